The molecular weight excluding hydrogens is 214 g/mol. The zero-order chi connectivity index (χ0) is 8.60. The van der Waals surface area contributed by atoms with Crippen LogP contribution in [0.2, 0.25) is 0 Å². The molecule has 2 atom stereocenters. The lowest BCUT2D eigenvalue weighted by molar-refractivity contribution is 0.274. The van der Waals surface area contributed by atoms with Gasteiger partial charge in [0.1, 0.15) is 0 Å². The van der Waals surface area contributed by atoms with Crippen LogP contribution in [-0.2, 0) is 5.54 Å². The van der Waals surface area contributed by atoms with Gasteiger partial charge in [-0.3, -0.25) is 0 Å². The van der Waals surface area contributed by atoms with E-state index in [1.165, 1.54) is 12.0 Å². The maximum absolute atomic E-state index is 6.22. The molecule has 12 heavy (non-hydrogen) atoms. The highest BCUT2D eigenvalue weighted by molar-refractivity contribution is 9.09. The highest BCUT2D eigenvalue weighted by atomic mass is 79.9. The van der Waals surface area contributed by atoms with Crippen LogP contribution in [0.15, 0.2) is 30.3 Å². The molecule has 1 saturated carbocycles. The van der Waals surface area contributed by atoms with Crippen molar-refractivity contribution in [1.29, 1.82) is 0 Å². The maximum atomic E-state index is 6.22. The monoisotopic (exact) mass is 225 g/mol. The first-order chi connectivity index (χ1) is 5.73. The Hall–Kier alpha value is -0.340. The molecule has 0 aromatic heterocycles. The van der Waals surface area contributed by atoms with Gasteiger partial charge in [0.05, 0.1) is 5.54 Å². The number of nitrogens with two attached hydrogens (primary N) is 1. The number of hydrogen-bond donors (Lipinski definition) is 1. The molecule has 1 aliphatic rings. The lowest BCUT2D eigenvalue weighted by atomic mass is 9.73. The predicted octanol–water partition coefficient (Wildman–Crippen LogP) is 2.40. The molecule has 0 spiro atoms. The average molecular weight is 226 g/mol. The molecule has 1 aromatic carbocycles. The van der Waals surface area contributed by atoms with E-state index in [0.717, 1.165) is 6.42 Å². The van der Waals surface area contributed by atoms with Gasteiger partial charge < -0.3 is 5.73 Å². The van der Waals surface area contributed by atoms with Crippen LogP contribution in [0.25, 0.3) is 0 Å². The molecule has 0 bridgehead atoms. The van der Waals surface area contributed by atoms with Crippen molar-refractivity contribution in [3.05, 3.63) is 35.9 Å². The van der Waals surface area contributed by atoms with E-state index in [2.05, 4.69) is 28.1 Å². The third kappa shape index (κ3) is 1.10. The van der Waals surface area contributed by atoms with E-state index in [4.69, 9.17) is 5.73 Å². The van der Waals surface area contributed by atoms with E-state index >= 15 is 0 Å². The fourth-order valence-corrected chi connectivity index (χ4v) is 2.36. The van der Waals surface area contributed by atoms with Gasteiger partial charge in [-0.15, -0.1) is 0 Å². The zero-order valence-corrected chi connectivity index (χ0v) is 8.42. The standard InChI is InChI=1S/C10H12BrN/c11-9-6-7-10(9,12)8-4-2-1-3-5-8/h1-5,9H,6-7,12H2. The first kappa shape index (κ1) is 8.27. The fourth-order valence-electron chi connectivity index (χ4n) is 1.64. The second-order valence-electron chi connectivity index (χ2n) is 3.41. The molecule has 2 heteroatoms. The Morgan fingerprint density at radius 1 is 1.33 bits per heavy atom. The van der Waals surface area contributed by atoms with Crippen molar-refractivity contribution in [3.8, 4) is 0 Å². The molecule has 1 nitrogen and oxygen atoms in total. The lowest BCUT2D eigenvalue weighted by Crippen LogP contribution is -2.52. The normalized spacial score (nSPS) is 34.3. The fraction of sp³-hybridized carbons (Fsp3) is 0.400. The minimum Gasteiger partial charge on any atom is -0.320 e. The number of benzene rings is 1. The Balaban J connectivity index is 2.31. The van der Waals surface area contributed by atoms with E-state index in [0.29, 0.717) is 4.83 Å². The van der Waals surface area contributed by atoms with Crippen LogP contribution in [-0.4, -0.2) is 4.83 Å². The Morgan fingerprint density at radius 2 is 2.00 bits per heavy atom. The molecule has 1 fully saturated rings. The summed E-state index contributed by atoms with van der Waals surface area (Å²) in [5, 5.41) is 0. The summed E-state index contributed by atoms with van der Waals surface area (Å²) in [6.07, 6.45) is 2.28. The van der Waals surface area contributed by atoms with Crippen LogP contribution in [0.5, 0.6) is 0 Å². The average Bonchev–Trinajstić information content (AvgIpc) is 2.16. The molecule has 2 unspecified atom stereocenters. The lowest BCUT2D eigenvalue weighted by Gasteiger charge is -2.44. The Labute approximate surface area is 81.1 Å². The van der Waals surface area contributed by atoms with E-state index in [-0.39, 0.29) is 5.54 Å². The van der Waals surface area contributed by atoms with Crippen LogP contribution < -0.4 is 5.73 Å². The van der Waals surface area contributed by atoms with Crippen LogP contribution in [0.3, 0.4) is 0 Å². The quantitative estimate of drug-likeness (QED) is 0.731. The molecule has 0 amide bonds. The van der Waals surface area contributed by atoms with Gasteiger partial charge in [0.2, 0.25) is 0 Å². The van der Waals surface area contributed by atoms with Gasteiger partial charge >= 0.3 is 0 Å². The predicted molar refractivity (Wildman–Crippen MR) is 54.3 cm³/mol. The highest BCUT2D eigenvalue weighted by Crippen LogP contribution is 2.43. The van der Waals surface area contributed by atoms with Gasteiger partial charge in [-0.2, -0.15) is 0 Å². The maximum Gasteiger partial charge on any atom is 0.0536 e. The second-order valence-corrected chi connectivity index (χ2v) is 4.52. The molecule has 0 aliphatic heterocycles. The minimum atomic E-state index is -0.110. The molecular formula is C10H12BrN. The summed E-state index contributed by atoms with van der Waals surface area (Å²) >= 11 is 3.59. The summed E-state index contributed by atoms with van der Waals surface area (Å²) in [4.78, 5) is 0.451. The first-order valence-corrected chi connectivity index (χ1v) is 5.13. The zero-order valence-electron chi connectivity index (χ0n) is 6.83. The van der Waals surface area contributed by atoms with Gasteiger partial charge in [0.25, 0.3) is 0 Å². The van der Waals surface area contributed by atoms with Crippen molar-refractivity contribution in [1.82, 2.24) is 0 Å². The smallest absolute Gasteiger partial charge is 0.0536 e. The summed E-state index contributed by atoms with van der Waals surface area (Å²) in [5.41, 5.74) is 7.36. The third-order valence-corrected chi connectivity index (χ3v) is 3.96. The van der Waals surface area contributed by atoms with Crippen molar-refractivity contribution >= 4 is 15.9 Å². The van der Waals surface area contributed by atoms with Gasteiger partial charge in [-0.05, 0) is 18.4 Å². The van der Waals surface area contributed by atoms with Crippen LogP contribution in [0.4, 0.5) is 0 Å². The van der Waals surface area contributed by atoms with E-state index in [1.807, 2.05) is 18.2 Å². The Morgan fingerprint density at radius 3 is 2.42 bits per heavy atom. The van der Waals surface area contributed by atoms with Crippen LogP contribution >= 0.6 is 15.9 Å². The second kappa shape index (κ2) is 2.86. The minimum absolute atomic E-state index is 0.110. The van der Waals surface area contributed by atoms with Crippen molar-refractivity contribution < 1.29 is 0 Å². The van der Waals surface area contributed by atoms with E-state index in [9.17, 15) is 0 Å². The summed E-state index contributed by atoms with van der Waals surface area (Å²) in [7, 11) is 0. The molecule has 2 N–H and O–H groups in total. The third-order valence-electron chi connectivity index (χ3n) is 2.68. The number of hydrogen-bond acceptors (Lipinski definition) is 1. The summed E-state index contributed by atoms with van der Waals surface area (Å²) in [6.45, 7) is 0. The summed E-state index contributed by atoms with van der Waals surface area (Å²) < 4.78 is 0. The van der Waals surface area contributed by atoms with Gasteiger partial charge in [-0.1, -0.05) is 46.3 Å². The number of rotatable bonds is 1. The van der Waals surface area contributed by atoms with Gasteiger partial charge in [-0.25, -0.2) is 0 Å². The molecule has 0 radical (unpaired) electrons. The van der Waals surface area contributed by atoms with Crippen molar-refractivity contribution in [2.75, 3.05) is 0 Å². The van der Waals surface area contributed by atoms with Crippen molar-refractivity contribution in [3.63, 3.8) is 0 Å². The largest absolute Gasteiger partial charge is 0.320 e. The number of alkyl halides is 1. The molecule has 2 rings (SSSR count). The molecule has 1 aromatic rings. The van der Waals surface area contributed by atoms with Crippen LogP contribution in [0.1, 0.15) is 18.4 Å². The van der Waals surface area contributed by atoms with Gasteiger partial charge in [0.15, 0.2) is 0 Å². The number of halogens is 1. The van der Waals surface area contributed by atoms with Crippen LogP contribution in [0, 0.1) is 0 Å². The summed E-state index contributed by atoms with van der Waals surface area (Å²) in [6, 6.07) is 10.3. The first-order valence-electron chi connectivity index (χ1n) is 4.22. The highest BCUT2D eigenvalue weighted by Gasteiger charge is 2.42. The van der Waals surface area contributed by atoms with Crippen molar-refractivity contribution in [2.45, 2.75) is 23.2 Å². The topological polar surface area (TPSA) is 26.0 Å². The van der Waals surface area contributed by atoms with E-state index in [1.54, 1.807) is 0 Å². The Kier molecular flexibility index (Phi) is 1.97. The van der Waals surface area contributed by atoms with E-state index < -0.39 is 0 Å². The SMILES string of the molecule is NC1(c2ccccc2)CCC1Br. The van der Waals surface area contributed by atoms with Crippen molar-refractivity contribution in [2.24, 2.45) is 5.73 Å². The molecule has 0 saturated heterocycles. The molecule has 0 heterocycles. The molecule has 64 valence electrons. The van der Waals surface area contributed by atoms with Gasteiger partial charge in [0, 0.05) is 4.83 Å². The summed E-state index contributed by atoms with van der Waals surface area (Å²) in [5.74, 6) is 0. The molecule has 1 aliphatic carbocycles. The Bertz CT molecular complexity index is 272.